The van der Waals surface area contributed by atoms with Crippen LogP contribution in [0.3, 0.4) is 0 Å². The Kier molecular flexibility index (Phi) is 3.05. The van der Waals surface area contributed by atoms with Crippen molar-refractivity contribution < 1.29 is 14.2 Å². The van der Waals surface area contributed by atoms with Crippen LogP contribution in [0.25, 0.3) is 0 Å². The Morgan fingerprint density at radius 1 is 1.00 bits per heavy atom. The number of hydrogen-bond acceptors (Lipinski definition) is 4. The van der Waals surface area contributed by atoms with Crippen LogP contribution in [0.1, 0.15) is 38.8 Å². The molecule has 0 amide bonds. The smallest absolute Gasteiger partial charge is 0.204 e. The number of hydrogen-bond donors (Lipinski definition) is 1. The van der Waals surface area contributed by atoms with Gasteiger partial charge in [0.25, 0.3) is 0 Å². The Balaban J connectivity index is 1.97. The van der Waals surface area contributed by atoms with Crippen molar-refractivity contribution in [2.24, 2.45) is 0 Å². The minimum absolute atomic E-state index is 0.0759. The molecule has 0 fully saturated rings. The molecule has 1 atom stereocenters. The Morgan fingerprint density at radius 2 is 1.74 bits per heavy atom. The fourth-order valence-corrected chi connectivity index (χ4v) is 2.64. The highest BCUT2D eigenvalue weighted by atomic mass is 16.6. The average molecular weight is 263 g/mol. The summed E-state index contributed by atoms with van der Waals surface area (Å²) in [4.78, 5) is 0. The van der Waals surface area contributed by atoms with Gasteiger partial charge in [-0.3, -0.25) is 0 Å². The molecule has 2 heterocycles. The van der Waals surface area contributed by atoms with E-state index in [1.807, 2.05) is 6.07 Å². The van der Waals surface area contributed by atoms with E-state index < -0.39 is 0 Å². The van der Waals surface area contributed by atoms with Crippen molar-refractivity contribution in [1.29, 1.82) is 0 Å². The zero-order valence-corrected chi connectivity index (χ0v) is 11.8. The summed E-state index contributed by atoms with van der Waals surface area (Å²) in [5.74, 6) is 2.41. The van der Waals surface area contributed by atoms with E-state index in [1.165, 1.54) is 5.56 Å². The Bertz CT molecular complexity index is 479. The number of benzene rings is 1. The third kappa shape index (κ3) is 2.50. The first-order chi connectivity index (χ1) is 9.04. The molecule has 0 saturated heterocycles. The van der Waals surface area contributed by atoms with Gasteiger partial charge in [0.2, 0.25) is 5.75 Å². The lowest BCUT2D eigenvalue weighted by Gasteiger charge is -2.34. The maximum Gasteiger partial charge on any atom is 0.204 e. The largest absolute Gasteiger partial charge is 0.489 e. The van der Waals surface area contributed by atoms with E-state index in [1.54, 1.807) is 0 Å². The lowest BCUT2D eigenvalue weighted by Crippen LogP contribution is -2.40. The molecule has 1 aromatic carbocycles. The van der Waals surface area contributed by atoms with Crippen LogP contribution in [0, 0.1) is 0 Å². The van der Waals surface area contributed by atoms with Crippen molar-refractivity contribution in [2.45, 2.75) is 38.8 Å². The first kappa shape index (κ1) is 12.6. The highest BCUT2D eigenvalue weighted by Crippen LogP contribution is 2.46. The summed E-state index contributed by atoms with van der Waals surface area (Å²) >= 11 is 0. The summed E-state index contributed by atoms with van der Waals surface area (Å²) in [5, 5.41) is 3.64. The molecule has 0 aromatic heterocycles. The fraction of sp³-hybridized carbons (Fsp3) is 0.600. The van der Waals surface area contributed by atoms with Crippen LogP contribution in [0.5, 0.6) is 17.2 Å². The van der Waals surface area contributed by atoms with E-state index in [0.717, 1.165) is 23.7 Å². The van der Waals surface area contributed by atoms with Crippen LogP contribution in [-0.2, 0) is 0 Å². The quantitative estimate of drug-likeness (QED) is 0.845. The first-order valence-electron chi connectivity index (χ1n) is 6.87. The predicted molar refractivity (Wildman–Crippen MR) is 73.2 cm³/mol. The van der Waals surface area contributed by atoms with Crippen molar-refractivity contribution in [1.82, 2.24) is 5.32 Å². The highest BCUT2D eigenvalue weighted by molar-refractivity contribution is 5.58. The average Bonchev–Trinajstić information content (AvgIpc) is 2.37. The molecule has 1 N–H and O–H groups in total. The second-order valence-corrected chi connectivity index (χ2v) is 6.09. The van der Waals surface area contributed by atoms with Gasteiger partial charge in [0.05, 0.1) is 6.61 Å². The van der Waals surface area contributed by atoms with E-state index >= 15 is 0 Å². The topological polar surface area (TPSA) is 39.7 Å². The number of nitrogens with one attached hydrogen (secondary N) is 1. The number of fused-ring (bicyclic) bond motifs is 3. The Hall–Kier alpha value is -1.42. The Morgan fingerprint density at radius 3 is 2.53 bits per heavy atom. The summed E-state index contributed by atoms with van der Waals surface area (Å²) in [6.07, 6.45) is 0.976. The molecular formula is C15H21NO3. The van der Waals surface area contributed by atoms with Gasteiger partial charge >= 0.3 is 0 Å². The molecule has 4 heteroatoms. The summed E-state index contributed by atoms with van der Waals surface area (Å²) in [5.41, 5.74) is 1.25. The van der Waals surface area contributed by atoms with Gasteiger partial charge in [0.1, 0.15) is 13.2 Å². The summed E-state index contributed by atoms with van der Waals surface area (Å²) in [6, 6.07) is 4.38. The molecule has 0 spiro atoms. The van der Waals surface area contributed by atoms with E-state index in [-0.39, 0.29) is 5.54 Å². The van der Waals surface area contributed by atoms with E-state index in [4.69, 9.17) is 14.2 Å². The molecule has 104 valence electrons. The summed E-state index contributed by atoms with van der Waals surface area (Å²) in [7, 11) is 0. The zero-order valence-electron chi connectivity index (χ0n) is 11.8. The molecule has 0 radical (unpaired) electrons. The Labute approximate surface area is 114 Å². The van der Waals surface area contributed by atoms with Gasteiger partial charge in [-0.2, -0.15) is 0 Å². The van der Waals surface area contributed by atoms with Gasteiger partial charge in [-0.05, 0) is 32.9 Å². The fourth-order valence-electron chi connectivity index (χ4n) is 2.64. The minimum atomic E-state index is 0.0759. The van der Waals surface area contributed by atoms with Crippen LogP contribution < -0.4 is 19.5 Å². The molecule has 0 aliphatic carbocycles. The molecular weight excluding hydrogens is 242 g/mol. The van der Waals surface area contributed by atoms with E-state index in [2.05, 4.69) is 32.2 Å². The maximum absolute atomic E-state index is 5.82. The molecule has 1 aromatic rings. The van der Waals surface area contributed by atoms with Crippen LogP contribution in [0.15, 0.2) is 12.1 Å². The summed E-state index contributed by atoms with van der Waals surface area (Å²) in [6.45, 7) is 8.45. The van der Waals surface area contributed by atoms with Crippen LogP contribution in [0.4, 0.5) is 0 Å². The molecule has 4 nitrogen and oxygen atoms in total. The van der Waals surface area contributed by atoms with Crippen molar-refractivity contribution in [2.75, 3.05) is 19.8 Å². The molecule has 0 saturated carbocycles. The normalized spacial score (nSPS) is 21.5. The standard InChI is InChI=1S/C15H21NO3/c1-15(2,3)16-11-6-7-18-13-10(11)4-5-12-14(13)19-9-8-17-12/h4-5,11,16H,6-9H2,1-3H3. The molecule has 3 rings (SSSR count). The summed E-state index contributed by atoms with van der Waals surface area (Å²) < 4.78 is 17.1. The van der Waals surface area contributed by atoms with Gasteiger partial charge in [0, 0.05) is 23.6 Å². The first-order valence-corrected chi connectivity index (χ1v) is 6.87. The van der Waals surface area contributed by atoms with Crippen molar-refractivity contribution in [3.05, 3.63) is 17.7 Å². The molecule has 2 aliphatic rings. The van der Waals surface area contributed by atoms with Crippen molar-refractivity contribution in [3.63, 3.8) is 0 Å². The number of rotatable bonds is 1. The SMILES string of the molecule is CC(C)(C)NC1CCOc2c1ccc1c2OCCO1. The number of ether oxygens (including phenoxy) is 3. The third-order valence-electron chi connectivity index (χ3n) is 3.33. The van der Waals surface area contributed by atoms with Gasteiger partial charge in [-0.25, -0.2) is 0 Å². The third-order valence-corrected chi connectivity index (χ3v) is 3.33. The van der Waals surface area contributed by atoms with E-state index in [0.29, 0.717) is 25.9 Å². The minimum Gasteiger partial charge on any atom is -0.489 e. The second-order valence-electron chi connectivity index (χ2n) is 6.09. The van der Waals surface area contributed by atoms with Gasteiger partial charge < -0.3 is 19.5 Å². The molecule has 2 aliphatic heterocycles. The zero-order chi connectivity index (χ0) is 13.5. The predicted octanol–water partition coefficient (Wildman–Crippen LogP) is 2.67. The van der Waals surface area contributed by atoms with Crippen molar-refractivity contribution >= 4 is 0 Å². The monoisotopic (exact) mass is 263 g/mol. The highest BCUT2D eigenvalue weighted by Gasteiger charge is 2.30. The maximum atomic E-state index is 5.82. The van der Waals surface area contributed by atoms with E-state index in [9.17, 15) is 0 Å². The van der Waals surface area contributed by atoms with Gasteiger partial charge in [-0.1, -0.05) is 0 Å². The van der Waals surface area contributed by atoms with Crippen LogP contribution >= 0.6 is 0 Å². The lowest BCUT2D eigenvalue weighted by molar-refractivity contribution is 0.154. The second kappa shape index (κ2) is 4.60. The van der Waals surface area contributed by atoms with Gasteiger partial charge in [-0.15, -0.1) is 0 Å². The van der Waals surface area contributed by atoms with Crippen LogP contribution in [-0.4, -0.2) is 25.4 Å². The van der Waals surface area contributed by atoms with Crippen molar-refractivity contribution in [3.8, 4) is 17.2 Å². The molecule has 1 unspecified atom stereocenters. The van der Waals surface area contributed by atoms with Crippen LogP contribution in [0.2, 0.25) is 0 Å². The molecule has 0 bridgehead atoms. The molecule has 19 heavy (non-hydrogen) atoms. The van der Waals surface area contributed by atoms with Gasteiger partial charge in [0.15, 0.2) is 11.5 Å². The lowest BCUT2D eigenvalue weighted by atomic mass is 9.96.